The van der Waals surface area contributed by atoms with E-state index in [-0.39, 0.29) is 11.9 Å². The van der Waals surface area contributed by atoms with Gasteiger partial charge in [0.05, 0.1) is 37.6 Å². The average molecular weight is 719 g/mol. The second-order valence-electron chi connectivity index (χ2n) is 16.6. The van der Waals surface area contributed by atoms with Gasteiger partial charge in [-0.3, -0.25) is 0 Å². The molecular weight excluding hydrogens is 640 g/mol. The molecule has 1 aliphatic carbocycles. The quantitative estimate of drug-likeness (QED) is 0.0371. The fourth-order valence-electron chi connectivity index (χ4n) is 8.64. The van der Waals surface area contributed by atoms with Crippen molar-refractivity contribution < 1.29 is 33.3 Å². The van der Waals surface area contributed by atoms with Crippen molar-refractivity contribution in [2.45, 2.75) is 255 Å². The normalized spacial score (nSPS) is 27.6. The summed E-state index contributed by atoms with van der Waals surface area (Å²) in [5.74, 6) is -0.714. The Morgan fingerprint density at radius 1 is 0.451 bits per heavy atom. The molecular formula is C44H78O7. The molecule has 51 heavy (non-hydrogen) atoms. The molecule has 0 radical (unpaired) electrons. The monoisotopic (exact) mass is 719 g/mol. The Bertz CT molecular complexity index is 882. The highest BCUT2D eigenvalue weighted by Gasteiger charge is 2.81. The van der Waals surface area contributed by atoms with E-state index in [0.717, 1.165) is 51.4 Å². The van der Waals surface area contributed by atoms with Crippen molar-refractivity contribution in [3.63, 3.8) is 0 Å². The molecule has 6 atom stereocenters. The molecule has 4 aliphatic rings. The van der Waals surface area contributed by atoms with Crippen LogP contribution in [0.15, 0.2) is 0 Å². The topological polar surface area (TPSA) is 90.2 Å². The first kappa shape index (κ1) is 42.6. The third kappa shape index (κ3) is 14.9. The number of esters is 2. The first-order valence-electron chi connectivity index (χ1n) is 22.4. The van der Waals surface area contributed by atoms with Gasteiger partial charge in [-0.2, -0.15) is 0 Å². The molecule has 1 saturated carbocycles. The summed E-state index contributed by atoms with van der Waals surface area (Å²) in [7, 11) is 0. The molecule has 7 heteroatoms. The van der Waals surface area contributed by atoms with E-state index in [1.54, 1.807) is 0 Å². The van der Waals surface area contributed by atoms with Gasteiger partial charge < -0.3 is 23.7 Å². The summed E-state index contributed by atoms with van der Waals surface area (Å²) in [5, 5.41) is 0. The molecule has 0 N–H and O–H groups in total. The maximum atomic E-state index is 13.1. The van der Waals surface area contributed by atoms with Gasteiger partial charge in [-0.25, -0.2) is 9.59 Å². The van der Waals surface area contributed by atoms with Crippen LogP contribution in [0.1, 0.15) is 219 Å². The minimum Gasteiger partial charge on any atom is -0.463 e. The van der Waals surface area contributed by atoms with E-state index in [0.29, 0.717) is 50.5 Å². The number of ether oxygens (including phenoxy) is 5. The minimum atomic E-state index is -1.11. The molecule has 0 bridgehead atoms. The van der Waals surface area contributed by atoms with E-state index in [9.17, 15) is 9.59 Å². The van der Waals surface area contributed by atoms with Crippen LogP contribution in [0.2, 0.25) is 0 Å². The van der Waals surface area contributed by atoms with Gasteiger partial charge in [-0.05, 0) is 64.2 Å². The highest BCUT2D eigenvalue weighted by molar-refractivity contribution is 5.98. The Morgan fingerprint density at radius 2 is 0.745 bits per heavy atom. The molecule has 296 valence electrons. The van der Waals surface area contributed by atoms with Crippen LogP contribution in [0.25, 0.3) is 0 Å². The number of unbranched alkanes of at least 4 members (excludes halogenated alkanes) is 20. The van der Waals surface area contributed by atoms with Crippen molar-refractivity contribution >= 4 is 11.9 Å². The van der Waals surface area contributed by atoms with Gasteiger partial charge in [0.1, 0.15) is 0 Å². The third-order valence-corrected chi connectivity index (χ3v) is 12.2. The van der Waals surface area contributed by atoms with Gasteiger partial charge in [0.25, 0.3) is 0 Å². The predicted octanol–water partition coefficient (Wildman–Crippen LogP) is 11.7. The van der Waals surface area contributed by atoms with Gasteiger partial charge in [-0.15, -0.1) is 0 Å². The summed E-state index contributed by atoms with van der Waals surface area (Å²) in [6.45, 7) is 5.34. The summed E-state index contributed by atoms with van der Waals surface area (Å²) >= 11 is 0. The fraction of sp³-hybridized carbons (Fsp3) is 0.955. The molecule has 0 aromatic carbocycles. The number of hydrogen-bond donors (Lipinski definition) is 0. The molecule has 0 amide bonds. The van der Waals surface area contributed by atoms with Crippen LogP contribution < -0.4 is 0 Å². The lowest BCUT2D eigenvalue weighted by Crippen LogP contribution is -2.44. The van der Waals surface area contributed by atoms with E-state index >= 15 is 0 Å². The number of carbonyl (C=O) groups is 2. The standard InChI is InChI=1S/C44H78O7/c1-3-5-7-9-15-21-29-37-39(49-37)31-23-17-11-13-19-27-35-47-41(45)43-33-25-26-34-44(43,51-43)42(46)48-36-28-20-14-12-18-24-32-40-38(50-40)30-22-16-10-8-6-4-2/h37-40H,3-36H2,1-2H3. The first-order valence-corrected chi connectivity index (χ1v) is 22.4. The van der Waals surface area contributed by atoms with Crippen molar-refractivity contribution in [1.29, 1.82) is 0 Å². The summed E-state index contributed by atoms with van der Waals surface area (Å²) in [6.07, 6.45) is 39.8. The number of fused-ring (bicyclic) bond motifs is 1. The average Bonchev–Trinajstić information content (AvgIpc) is 4.07. The largest absolute Gasteiger partial charge is 0.463 e. The van der Waals surface area contributed by atoms with E-state index in [2.05, 4.69) is 13.8 Å². The zero-order valence-corrected chi connectivity index (χ0v) is 33.2. The molecule has 3 saturated heterocycles. The summed E-state index contributed by atoms with van der Waals surface area (Å²) in [4.78, 5) is 26.3. The molecule has 0 spiro atoms. The molecule has 0 aromatic heterocycles. The van der Waals surface area contributed by atoms with E-state index in [1.165, 1.54) is 141 Å². The number of epoxide rings is 3. The zero-order chi connectivity index (χ0) is 36.0. The molecule has 3 aliphatic heterocycles. The lowest BCUT2D eigenvalue weighted by Gasteiger charge is -2.22. The Morgan fingerprint density at radius 3 is 1.08 bits per heavy atom. The zero-order valence-electron chi connectivity index (χ0n) is 33.2. The lowest BCUT2D eigenvalue weighted by molar-refractivity contribution is -0.155. The Balaban J connectivity index is 0.931. The number of hydrogen-bond acceptors (Lipinski definition) is 7. The van der Waals surface area contributed by atoms with Gasteiger partial charge in [0.2, 0.25) is 11.2 Å². The van der Waals surface area contributed by atoms with Gasteiger partial charge in [0, 0.05) is 0 Å². The van der Waals surface area contributed by atoms with Crippen LogP contribution >= 0.6 is 0 Å². The van der Waals surface area contributed by atoms with E-state index in [4.69, 9.17) is 23.7 Å². The number of carbonyl (C=O) groups excluding carboxylic acids is 2. The highest BCUT2D eigenvalue weighted by Crippen LogP contribution is 2.59. The predicted molar refractivity (Wildman–Crippen MR) is 205 cm³/mol. The lowest BCUT2D eigenvalue weighted by atomic mass is 9.79. The second-order valence-corrected chi connectivity index (χ2v) is 16.6. The second kappa shape index (κ2) is 24.3. The molecule has 7 nitrogen and oxygen atoms in total. The molecule has 0 aromatic rings. The Labute approximate surface area is 312 Å². The molecule has 4 fully saturated rings. The van der Waals surface area contributed by atoms with Crippen molar-refractivity contribution in [2.24, 2.45) is 0 Å². The molecule has 3 heterocycles. The smallest absolute Gasteiger partial charge is 0.342 e. The Kier molecular flexibility index (Phi) is 20.3. The van der Waals surface area contributed by atoms with Crippen molar-refractivity contribution in [3.8, 4) is 0 Å². The molecule has 4 rings (SSSR count). The van der Waals surface area contributed by atoms with E-state index in [1.807, 2.05) is 0 Å². The van der Waals surface area contributed by atoms with Crippen molar-refractivity contribution in [2.75, 3.05) is 13.2 Å². The van der Waals surface area contributed by atoms with Crippen molar-refractivity contribution in [1.82, 2.24) is 0 Å². The first-order chi connectivity index (χ1) is 25.1. The van der Waals surface area contributed by atoms with E-state index < -0.39 is 11.2 Å². The van der Waals surface area contributed by atoms with Gasteiger partial charge in [-0.1, -0.05) is 155 Å². The third-order valence-electron chi connectivity index (χ3n) is 12.2. The van der Waals surface area contributed by atoms with Crippen LogP contribution in [-0.4, -0.2) is 60.8 Å². The van der Waals surface area contributed by atoms with Crippen LogP contribution in [0.5, 0.6) is 0 Å². The van der Waals surface area contributed by atoms with Gasteiger partial charge >= 0.3 is 11.9 Å². The van der Waals surface area contributed by atoms with Crippen LogP contribution in [0, 0.1) is 0 Å². The number of rotatable bonds is 34. The highest BCUT2D eigenvalue weighted by atomic mass is 16.7. The van der Waals surface area contributed by atoms with Crippen LogP contribution in [0.4, 0.5) is 0 Å². The van der Waals surface area contributed by atoms with Gasteiger partial charge in [0.15, 0.2) is 0 Å². The summed E-state index contributed by atoms with van der Waals surface area (Å²) < 4.78 is 29.2. The minimum absolute atomic E-state index is 0.357. The van der Waals surface area contributed by atoms with Crippen molar-refractivity contribution in [3.05, 3.63) is 0 Å². The maximum Gasteiger partial charge on any atom is 0.342 e. The molecule has 6 unspecified atom stereocenters. The summed E-state index contributed by atoms with van der Waals surface area (Å²) in [5.41, 5.74) is -2.22. The van der Waals surface area contributed by atoms with Crippen LogP contribution in [-0.2, 0) is 33.3 Å². The van der Waals surface area contributed by atoms with Crippen LogP contribution in [0.3, 0.4) is 0 Å². The summed E-state index contributed by atoms with van der Waals surface area (Å²) in [6, 6.07) is 0. The fourth-order valence-corrected chi connectivity index (χ4v) is 8.64. The Hall–Kier alpha value is -1.18. The SMILES string of the molecule is CCCCCCCCC1OC1CCCCCCCCOC(=O)C12CCCCC1(C(=O)OCCCCCCCCC1OC1CCCCCCCC)O2. The maximum absolute atomic E-state index is 13.1.